The van der Waals surface area contributed by atoms with E-state index in [0.29, 0.717) is 0 Å². The molecule has 2 heterocycles. The van der Waals surface area contributed by atoms with Crippen LogP contribution >= 0.6 is 0 Å². The molecule has 0 aliphatic carbocycles. The maximum atomic E-state index is 5.75. The molecule has 0 saturated carbocycles. The zero-order chi connectivity index (χ0) is 14.8. The van der Waals surface area contributed by atoms with Gasteiger partial charge in [-0.1, -0.05) is 19.1 Å². The number of aryl methyl sites for hydroxylation is 2. The van der Waals surface area contributed by atoms with Crippen LogP contribution in [0.25, 0.3) is 11.2 Å². The number of imidazole rings is 1. The average Bonchev–Trinajstić information content (AvgIpc) is 2.79. The second-order valence-electron chi connectivity index (χ2n) is 5.46. The number of rotatable bonds is 4. The van der Waals surface area contributed by atoms with Gasteiger partial charge < -0.3 is 10.3 Å². The molecule has 0 bridgehead atoms. The summed E-state index contributed by atoms with van der Waals surface area (Å²) in [7, 11) is 0. The molecule has 0 amide bonds. The van der Waals surface area contributed by atoms with Crippen LogP contribution in [0.3, 0.4) is 0 Å². The summed E-state index contributed by atoms with van der Waals surface area (Å²) in [4.78, 5) is 9.33. The van der Waals surface area contributed by atoms with Crippen LogP contribution < -0.4 is 5.73 Å². The molecule has 0 unspecified atom stereocenters. The van der Waals surface area contributed by atoms with Crippen molar-refractivity contribution in [3.05, 3.63) is 53.5 Å². The number of pyridine rings is 1. The van der Waals surface area contributed by atoms with Crippen molar-refractivity contribution in [1.82, 2.24) is 14.5 Å². The molecule has 4 nitrogen and oxygen atoms in total. The number of anilines is 1. The van der Waals surface area contributed by atoms with Crippen molar-refractivity contribution in [2.45, 2.75) is 33.2 Å². The van der Waals surface area contributed by atoms with E-state index < -0.39 is 0 Å². The van der Waals surface area contributed by atoms with Crippen LogP contribution in [0, 0.1) is 6.92 Å². The van der Waals surface area contributed by atoms with Gasteiger partial charge in [0.2, 0.25) is 0 Å². The smallest absolute Gasteiger partial charge is 0.160 e. The standard InChI is InChI=1S/C17H20N4/c1-3-4-16-20-15-9-12(2)10-19-17(15)21(16)11-13-5-7-14(18)8-6-13/h5-10H,3-4,11,18H2,1-2H3. The molecule has 0 saturated heterocycles. The van der Waals surface area contributed by atoms with Gasteiger partial charge in [0.05, 0.1) is 6.54 Å². The van der Waals surface area contributed by atoms with Crippen molar-refractivity contribution in [3.8, 4) is 0 Å². The van der Waals surface area contributed by atoms with Crippen LogP contribution in [0.5, 0.6) is 0 Å². The molecule has 2 N–H and O–H groups in total. The summed E-state index contributed by atoms with van der Waals surface area (Å²) in [5.41, 5.74) is 10.8. The Hall–Kier alpha value is -2.36. The minimum atomic E-state index is 0.780. The van der Waals surface area contributed by atoms with Gasteiger partial charge in [-0.3, -0.25) is 0 Å². The Kier molecular flexibility index (Phi) is 3.60. The molecule has 21 heavy (non-hydrogen) atoms. The number of nitrogens with zero attached hydrogens (tertiary/aromatic N) is 3. The van der Waals surface area contributed by atoms with E-state index >= 15 is 0 Å². The van der Waals surface area contributed by atoms with E-state index in [2.05, 4.69) is 34.7 Å². The summed E-state index contributed by atoms with van der Waals surface area (Å²) in [5.74, 6) is 1.10. The van der Waals surface area contributed by atoms with Gasteiger partial charge in [0.1, 0.15) is 11.3 Å². The topological polar surface area (TPSA) is 56.7 Å². The Morgan fingerprint density at radius 2 is 1.95 bits per heavy atom. The number of fused-ring (bicyclic) bond motifs is 1. The molecule has 0 fully saturated rings. The van der Waals surface area contributed by atoms with Gasteiger partial charge >= 0.3 is 0 Å². The third-order valence-electron chi connectivity index (χ3n) is 3.59. The van der Waals surface area contributed by atoms with Gasteiger partial charge in [0, 0.05) is 18.3 Å². The highest BCUT2D eigenvalue weighted by molar-refractivity contribution is 5.72. The van der Waals surface area contributed by atoms with E-state index in [0.717, 1.165) is 47.6 Å². The monoisotopic (exact) mass is 280 g/mol. The van der Waals surface area contributed by atoms with Gasteiger partial charge in [0.25, 0.3) is 0 Å². The maximum absolute atomic E-state index is 5.75. The lowest BCUT2D eigenvalue weighted by molar-refractivity contribution is 0.716. The summed E-state index contributed by atoms with van der Waals surface area (Å²) in [6.45, 7) is 5.00. The molecule has 3 aromatic rings. The molecule has 108 valence electrons. The lowest BCUT2D eigenvalue weighted by Gasteiger charge is -2.08. The highest BCUT2D eigenvalue weighted by Gasteiger charge is 2.11. The molecule has 4 heteroatoms. The SMILES string of the molecule is CCCc1nc2cc(C)cnc2n1Cc1ccc(N)cc1. The van der Waals surface area contributed by atoms with Crippen LogP contribution in [0.1, 0.15) is 30.3 Å². The Labute approximate surface area is 124 Å². The van der Waals surface area contributed by atoms with Crippen LogP contribution in [0.4, 0.5) is 5.69 Å². The average molecular weight is 280 g/mol. The Morgan fingerprint density at radius 3 is 2.67 bits per heavy atom. The molecule has 2 aromatic heterocycles. The fourth-order valence-electron chi connectivity index (χ4n) is 2.54. The molecule has 0 radical (unpaired) electrons. The normalized spacial score (nSPS) is 11.1. The summed E-state index contributed by atoms with van der Waals surface area (Å²) in [6.07, 6.45) is 3.94. The summed E-state index contributed by atoms with van der Waals surface area (Å²) >= 11 is 0. The molecular weight excluding hydrogens is 260 g/mol. The Bertz CT molecular complexity index is 756. The van der Waals surface area contributed by atoms with Crippen molar-refractivity contribution in [1.29, 1.82) is 0 Å². The maximum Gasteiger partial charge on any atom is 0.160 e. The fourth-order valence-corrected chi connectivity index (χ4v) is 2.54. The zero-order valence-corrected chi connectivity index (χ0v) is 12.5. The van der Waals surface area contributed by atoms with Gasteiger partial charge in [-0.25, -0.2) is 9.97 Å². The largest absolute Gasteiger partial charge is 0.399 e. The van der Waals surface area contributed by atoms with Crippen LogP contribution in [0.15, 0.2) is 36.5 Å². The van der Waals surface area contributed by atoms with Gasteiger partial charge in [-0.2, -0.15) is 0 Å². The predicted molar refractivity (Wildman–Crippen MR) is 86.2 cm³/mol. The third-order valence-corrected chi connectivity index (χ3v) is 3.59. The van der Waals surface area contributed by atoms with Crippen LogP contribution in [-0.2, 0) is 13.0 Å². The molecular formula is C17H20N4. The first-order valence-electron chi connectivity index (χ1n) is 7.33. The van der Waals surface area contributed by atoms with E-state index in [1.165, 1.54) is 5.56 Å². The van der Waals surface area contributed by atoms with E-state index in [1.807, 2.05) is 25.3 Å². The second-order valence-corrected chi connectivity index (χ2v) is 5.46. The minimum absolute atomic E-state index is 0.780. The molecule has 0 aliphatic heterocycles. The van der Waals surface area contributed by atoms with Crippen molar-refractivity contribution in [3.63, 3.8) is 0 Å². The van der Waals surface area contributed by atoms with E-state index in [-0.39, 0.29) is 0 Å². The number of nitrogen functional groups attached to an aromatic ring is 1. The molecule has 3 rings (SSSR count). The van der Waals surface area contributed by atoms with Crippen molar-refractivity contribution in [2.24, 2.45) is 0 Å². The quantitative estimate of drug-likeness (QED) is 0.746. The van der Waals surface area contributed by atoms with Crippen molar-refractivity contribution in [2.75, 3.05) is 5.73 Å². The first kappa shape index (κ1) is 13.6. The minimum Gasteiger partial charge on any atom is -0.399 e. The van der Waals surface area contributed by atoms with Gasteiger partial charge in [0.15, 0.2) is 5.65 Å². The number of hydrogen-bond donors (Lipinski definition) is 1. The lowest BCUT2D eigenvalue weighted by atomic mass is 10.2. The lowest BCUT2D eigenvalue weighted by Crippen LogP contribution is -2.06. The highest BCUT2D eigenvalue weighted by Crippen LogP contribution is 2.19. The van der Waals surface area contributed by atoms with E-state index in [4.69, 9.17) is 10.7 Å². The number of aromatic nitrogens is 3. The highest BCUT2D eigenvalue weighted by atomic mass is 15.1. The number of hydrogen-bond acceptors (Lipinski definition) is 3. The molecule has 1 aromatic carbocycles. The van der Waals surface area contributed by atoms with Gasteiger partial charge in [-0.15, -0.1) is 0 Å². The van der Waals surface area contributed by atoms with Crippen molar-refractivity contribution < 1.29 is 0 Å². The van der Waals surface area contributed by atoms with Crippen LogP contribution in [0.2, 0.25) is 0 Å². The molecule has 0 spiro atoms. The molecule has 0 atom stereocenters. The fraction of sp³-hybridized carbons (Fsp3) is 0.294. The van der Waals surface area contributed by atoms with E-state index in [1.54, 1.807) is 0 Å². The first-order chi connectivity index (χ1) is 10.2. The summed E-state index contributed by atoms with van der Waals surface area (Å²) < 4.78 is 2.21. The molecule has 0 aliphatic rings. The second kappa shape index (κ2) is 5.56. The number of nitrogens with two attached hydrogens (primary N) is 1. The first-order valence-corrected chi connectivity index (χ1v) is 7.33. The predicted octanol–water partition coefficient (Wildman–Crippen LogP) is 3.32. The van der Waals surface area contributed by atoms with Crippen molar-refractivity contribution >= 4 is 16.9 Å². The third kappa shape index (κ3) is 2.75. The number of benzene rings is 1. The van der Waals surface area contributed by atoms with E-state index in [9.17, 15) is 0 Å². The Morgan fingerprint density at radius 1 is 1.19 bits per heavy atom. The summed E-state index contributed by atoms with van der Waals surface area (Å²) in [5, 5.41) is 0. The van der Waals surface area contributed by atoms with Gasteiger partial charge in [-0.05, 0) is 42.7 Å². The summed E-state index contributed by atoms with van der Waals surface area (Å²) in [6, 6.07) is 10.1. The van der Waals surface area contributed by atoms with Crippen LogP contribution in [-0.4, -0.2) is 14.5 Å². The Balaban J connectivity index is 2.06. The zero-order valence-electron chi connectivity index (χ0n) is 12.5.